The molecule has 2 fully saturated rings. The van der Waals surface area contributed by atoms with E-state index in [0.29, 0.717) is 23.2 Å². The highest BCUT2D eigenvalue weighted by Crippen LogP contribution is 2.37. The van der Waals surface area contributed by atoms with E-state index in [0.717, 1.165) is 31.0 Å². The first-order valence-electron chi connectivity index (χ1n) is 6.86. The third kappa shape index (κ3) is 2.49. The Kier molecular flexibility index (Phi) is 3.75. The lowest BCUT2D eigenvalue weighted by Gasteiger charge is -2.33. The highest BCUT2D eigenvalue weighted by atomic mass is 35.5. The molecular formula is C13H19ClN4O. The van der Waals surface area contributed by atoms with E-state index in [9.17, 15) is 0 Å². The number of halogens is 1. The fourth-order valence-corrected chi connectivity index (χ4v) is 3.45. The van der Waals surface area contributed by atoms with Gasteiger partial charge >= 0.3 is 0 Å². The summed E-state index contributed by atoms with van der Waals surface area (Å²) in [5.74, 6) is 1.38. The molecule has 2 N–H and O–H groups in total. The van der Waals surface area contributed by atoms with E-state index in [2.05, 4.69) is 20.6 Å². The standard InChI is InChI=1S/C13H19ClN4O/c1-15-11-12(14)16-7-17-13(11)18-9-3-2-4-10-8(9)5-6-19-10/h7-10,15H,2-6H2,1H3,(H,16,17,18). The van der Waals surface area contributed by atoms with Gasteiger partial charge in [-0.25, -0.2) is 9.97 Å². The van der Waals surface area contributed by atoms with Crippen molar-refractivity contribution in [1.29, 1.82) is 0 Å². The average Bonchev–Trinajstić information content (AvgIpc) is 2.88. The summed E-state index contributed by atoms with van der Waals surface area (Å²) in [6.45, 7) is 0.886. The number of fused-ring (bicyclic) bond motifs is 1. The minimum atomic E-state index is 0.416. The Hall–Kier alpha value is -1.07. The highest BCUT2D eigenvalue weighted by molar-refractivity contribution is 6.32. The summed E-state index contributed by atoms with van der Waals surface area (Å²) >= 11 is 6.08. The Morgan fingerprint density at radius 3 is 3.05 bits per heavy atom. The fourth-order valence-electron chi connectivity index (χ4n) is 3.23. The van der Waals surface area contributed by atoms with Crippen LogP contribution in [0.1, 0.15) is 25.7 Å². The van der Waals surface area contributed by atoms with Crippen molar-refractivity contribution in [3.8, 4) is 0 Å². The highest BCUT2D eigenvalue weighted by Gasteiger charge is 2.38. The molecule has 0 radical (unpaired) electrons. The van der Waals surface area contributed by atoms with E-state index in [-0.39, 0.29) is 0 Å². The van der Waals surface area contributed by atoms with Gasteiger partial charge in [-0.3, -0.25) is 0 Å². The van der Waals surface area contributed by atoms with Crippen molar-refractivity contribution in [3.63, 3.8) is 0 Å². The Labute approximate surface area is 118 Å². The van der Waals surface area contributed by atoms with Crippen molar-refractivity contribution in [1.82, 2.24) is 9.97 Å². The van der Waals surface area contributed by atoms with Crippen LogP contribution in [0.2, 0.25) is 5.15 Å². The number of hydrogen-bond acceptors (Lipinski definition) is 5. The number of hydrogen-bond donors (Lipinski definition) is 2. The molecule has 1 aromatic rings. The van der Waals surface area contributed by atoms with Gasteiger partial charge < -0.3 is 15.4 Å². The van der Waals surface area contributed by atoms with Gasteiger partial charge in [0.2, 0.25) is 0 Å². The fraction of sp³-hybridized carbons (Fsp3) is 0.692. The lowest BCUT2D eigenvalue weighted by Crippen LogP contribution is -2.38. The van der Waals surface area contributed by atoms with E-state index >= 15 is 0 Å². The van der Waals surface area contributed by atoms with Crippen LogP contribution in [0.3, 0.4) is 0 Å². The van der Waals surface area contributed by atoms with Crippen molar-refractivity contribution in [2.45, 2.75) is 37.8 Å². The lowest BCUT2D eigenvalue weighted by atomic mass is 9.82. The van der Waals surface area contributed by atoms with E-state index < -0.39 is 0 Å². The van der Waals surface area contributed by atoms with Gasteiger partial charge in [0.1, 0.15) is 12.0 Å². The minimum absolute atomic E-state index is 0.416. The Balaban J connectivity index is 1.79. The van der Waals surface area contributed by atoms with Gasteiger partial charge in [-0.1, -0.05) is 11.6 Å². The average molecular weight is 283 g/mol. The molecule has 1 aromatic heterocycles. The summed E-state index contributed by atoms with van der Waals surface area (Å²) < 4.78 is 5.79. The molecule has 1 saturated carbocycles. The normalized spacial score (nSPS) is 29.9. The molecule has 3 atom stereocenters. The van der Waals surface area contributed by atoms with Crippen molar-refractivity contribution < 1.29 is 4.74 Å². The van der Waals surface area contributed by atoms with Crippen LogP contribution in [0.25, 0.3) is 0 Å². The van der Waals surface area contributed by atoms with E-state index in [1.165, 1.54) is 19.2 Å². The molecule has 2 aliphatic rings. The maximum Gasteiger partial charge on any atom is 0.157 e. The zero-order valence-corrected chi connectivity index (χ0v) is 11.8. The van der Waals surface area contributed by atoms with Crippen LogP contribution in [0.15, 0.2) is 6.33 Å². The molecule has 3 rings (SSSR count). The number of ether oxygens (including phenoxy) is 1. The molecule has 0 spiro atoms. The molecule has 19 heavy (non-hydrogen) atoms. The van der Waals surface area contributed by atoms with Gasteiger partial charge in [0.15, 0.2) is 11.0 Å². The van der Waals surface area contributed by atoms with Crippen molar-refractivity contribution in [3.05, 3.63) is 11.5 Å². The van der Waals surface area contributed by atoms with Crippen LogP contribution in [-0.4, -0.2) is 35.8 Å². The molecule has 3 unspecified atom stereocenters. The zero-order chi connectivity index (χ0) is 13.2. The van der Waals surface area contributed by atoms with Crippen molar-refractivity contribution in [2.24, 2.45) is 5.92 Å². The summed E-state index contributed by atoms with van der Waals surface area (Å²) in [4.78, 5) is 8.31. The number of nitrogens with zero attached hydrogens (tertiary/aromatic N) is 2. The van der Waals surface area contributed by atoms with Crippen LogP contribution in [0.5, 0.6) is 0 Å². The van der Waals surface area contributed by atoms with Gasteiger partial charge in [-0.2, -0.15) is 0 Å². The topological polar surface area (TPSA) is 59.1 Å². The lowest BCUT2D eigenvalue weighted by molar-refractivity contribution is 0.0620. The molecule has 1 aliphatic carbocycles. The number of aromatic nitrogens is 2. The first-order valence-corrected chi connectivity index (χ1v) is 7.24. The van der Waals surface area contributed by atoms with Gasteiger partial charge in [0.25, 0.3) is 0 Å². The van der Waals surface area contributed by atoms with Crippen LogP contribution in [0, 0.1) is 5.92 Å². The Bertz CT molecular complexity index is 456. The first kappa shape index (κ1) is 12.9. The Morgan fingerprint density at radius 1 is 1.32 bits per heavy atom. The molecule has 6 heteroatoms. The van der Waals surface area contributed by atoms with Crippen LogP contribution >= 0.6 is 11.6 Å². The maximum absolute atomic E-state index is 6.08. The van der Waals surface area contributed by atoms with Gasteiger partial charge in [-0.05, 0) is 25.7 Å². The SMILES string of the molecule is CNc1c(Cl)ncnc1NC1CCCC2OCCC12. The van der Waals surface area contributed by atoms with Crippen LogP contribution < -0.4 is 10.6 Å². The third-order valence-electron chi connectivity index (χ3n) is 4.15. The van der Waals surface area contributed by atoms with E-state index in [1.54, 1.807) is 0 Å². The quantitative estimate of drug-likeness (QED) is 0.835. The smallest absolute Gasteiger partial charge is 0.157 e. The molecule has 1 aliphatic heterocycles. The van der Waals surface area contributed by atoms with Crippen LogP contribution in [0.4, 0.5) is 11.5 Å². The van der Waals surface area contributed by atoms with Gasteiger partial charge in [0, 0.05) is 25.6 Å². The van der Waals surface area contributed by atoms with E-state index in [1.807, 2.05) is 7.05 Å². The Morgan fingerprint density at radius 2 is 2.21 bits per heavy atom. The van der Waals surface area contributed by atoms with Crippen molar-refractivity contribution >= 4 is 23.1 Å². The maximum atomic E-state index is 6.08. The predicted molar refractivity (Wildman–Crippen MR) is 75.7 cm³/mol. The van der Waals surface area contributed by atoms with Crippen LogP contribution in [-0.2, 0) is 4.74 Å². The largest absolute Gasteiger partial charge is 0.383 e. The molecular weight excluding hydrogens is 264 g/mol. The van der Waals surface area contributed by atoms with E-state index in [4.69, 9.17) is 16.3 Å². The van der Waals surface area contributed by atoms with Gasteiger partial charge in [-0.15, -0.1) is 0 Å². The summed E-state index contributed by atoms with van der Waals surface area (Å²) in [5, 5.41) is 7.05. The first-order chi connectivity index (χ1) is 9.29. The summed E-state index contributed by atoms with van der Waals surface area (Å²) in [6.07, 6.45) is 6.60. The number of nitrogens with one attached hydrogen (secondary N) is 2. The molecule has 1 saturated heterocycles. The second kappa shape index (κ2) is 5.51. The second-order valence-electron chi connectivity index (χ2n) is 5.18. The zero-order valence-electron chi connectivity index (χ0n) is 11.0. The predicted octanol–water partition coefficient (Wildman–Crippen LogP) is 2.54. The molecule has 104 valence electrons. The third-order valence-corrected chi connectivity index (χ3v) is 4.44. The minimum Gasteiger partial charge on any atom is -0.383 e. The summed E-state index contributed by atoms with van der Waals surface area (Å²) in [5.41, 5.74) is 0.769. The molecule has 0 bridgehead atoms. The van der Waals surface area contributed by atoms with Crippen molar-refractivity contribution in [2.75, 3.05) is 24.3 Å². The molecule has 0 amide bonds. The molecule has 5 nitrogen and oxygen atoms in total. The summed E-state index contributed by atoms with van der Waals surface area (Å²) in [7, 11) is 1.83. The number of rotatable bonds is 3. The summed E-state index contributed by atoms with van der Waals surface area (Å²) in [6, 6.07) is 0.416. The number of anilines is 2. The molecule has 0 aromatic carbocycles. The van der Waals surface area contributed by atoms with Gasteiger partial charge in [0.05, 0.1) is 6.10 Å². The monoisotopic (exact) mass is 282 g/mol. The second-order valence-corrected chi connectivity index (χ2v) is 5.54. The molecule has 2 heterocycles.